The molecular formula is C80H155NO5. The van der Waals surface area contributed by atoms with Gasteiger partial charge in [-0.3, -0.25) is 9.59 Å². The summed E-state index contributed by atoms with van der Waals surface area (Å²) in [6.07, 6.45) is 96.9. The Morgan fingerprint density at radius 3 is 0.826 bits per heavy atom. The number of unbranched alkanes of at least 4 members (excludes halogenated alkanes) is 60. The fourth-order valence-corrected chi connectivity index (χ4v) is 12.7. The Morgan fingerprint density at radius 1 is 0.314 bits per heavy atom. The number of amides is 1. The zero-order valence-electron chi connectivity index (χ0n) is 58.6. The molecule has 0 aromatic carbocycles. The van der Waals surface area contributed by atoms with Gasteiger partial charge >= 0.3 is 5.97 Å². The fraction of sp³-hybridized carbons (Fsp3) is 0.925. The molecule has 2 unspecified atom stereocenters. The maximum absolute atomic E-state index is 12.6. The minimum Gasteiger partial charge on any atom is -0.466 e. The Kier molecular flexibility index (Phi) is 74.3. The molecule has 1 amide bonds. The molecule has 0 radical (unpaired) electrons. The van der Waals surface area contributed by atoms with Crippen LogP contribution in [-0.2, 0) is 14.3 Å². The summed E-state index contributed by atoms with van der Waals surface area (Å²) in [4.78, 5) is 24.7. The largest absolute Gasteiger partial charge is 0.466 e. The van der Waals surface area contributed by atoms with Gasteiger partial charge in [-0.2, -0.15) is 0 Å². The first-order chi connectivity index (χ1) is 42.5. The van der Waals surface area contributed by atoms with E-state index in [1.165, 1.54) is 372 Å². The Hall–Kier alpha value is -1.66. The zero-order chi connectivity index (χ0) is 62.0. The molecule has 0 bridgehead atoms. The van der Waals surface area contributed by atoms with E-state index in [0.717, 1.165) is 44.9 Å². The minimum absolute atomic E-state index is 0.0141. The van der Waals surface area contributed by atoms with E-state index in [1.54, 1.807) is 0 Å². The number of carbonyl (C=O) groups is 2. The van der Waals surface area contributed by atoms with Crippen molar-refractivity contribution in [3.05, 3.63) is 24.3 Å². The van der Waals surface area contributed by atoms with Crippen molar-refractivity contribution in [1.82, 2.24) is 5.32 Å². The average molecular weight is 1210 g/mol. The molecule has 0 aliphatic carbocycles. The molecule has 86 heavy (non-hydrogen) atoms. The number of nitrogens with one attached hydrogen (secondary N) is 1. The molecule has 0 heterocycles. The van der Waals surface area contributed by atoms with Crippen molar-refractivity contribution >= 4 is 11.9 Å². The third kappa shape index (κ3) is 71.4. The highest BCUT2D eigenvalue weighted by Gasteiger charge is 2.20. The van der Waals surface area contributed by atoms with Crippen molar-refractivity contribution in [2.45, 2.75) is 463 Å². The second-order valence-electron chi connectivity index (χ2n) is 27.4. The number of aliphatic hydroxyl groups excluding tert-OH is 2. The van der Waals surface area contributed by atoms with Crippen LogP contribution in [0.25, 0.3) is 0 Å². The van der Waals surface area contributed by atoms with Crippen LogP contribution in [0.1, 0.15) is 450 Å². The van der Waals surface area contributed by atoms with Gasteiger partial charge in [0.25, 0.3) is 0 Å². The summed E-state index contributed by atoms with van der Waals surface area (Å²) < 4.78 is 5.51. The number of rotatable bonds is 75. The Morgan fingerprint density at radius 2 is 0.547 bits per heavy atom. The quantitative estimate of drug-likeness (QED) is 0.0320. The molecule has 3 N–H and O–H groups in total. The standard InChI is InChI=1S/C80H155NO5/c1-3-5-7-9-11-13-15-17-19-21-23-24-31-34-37-40-44-48-52-56-60-64-68-72-78(83)77(76-82)81-79(84)73-69-65-61-57-53-49-45-41-38-35-32-29-27-25-26-28-30-33-36-39-43-47-51-55-59-63-67-71-75-86-80(85)74-70-66-62-58-54-50-46-42-22-20-18-16-14-12-10-8-6-4-2/h20,22,25-26,77-78,82-83H,3-19,21,23-24,27-76H2,1-2H3,(H,81,84)/b22-20-,26-25-. The van der Waals surface area contributed by atoms with Gasteiger partial charge in [0, 0.05) is 12.8 Å². The van der Waals surface area contributed by atoms with E-state index in [0.29, 0.717) is 25.9 Å². The molecule has 0 aromatic heterocycles. The number of carbonyl (C=O) groups excluding carboxylic acids is 2. The molecular weight excluding hydrogens is 1050 g/mol. The number of hydrogen-bond donors (Lipinski definition) is 3. The van der Waals surface area contributed by atoms with Crippen molar-refractivity contribution in [1.29, 1.82) is 0 Å². The lowest BCUT2D eigenvalue weighted by Crippen LogP contribution is -2.45. The number of hydrogen-bond acceptors (Lipinski definition) is 5. The van der Waals surface area contributed by atoms with Gasteiger partial charge in [0.05, 0.1) is 25.4 Å². The van der Waals surface area contributed by atoms with Crippen LogP contribution < -0.4 is 5.32 Å². The summed E-state index contributed by atoms with van der Waals surface area (Å²) in [6.45, 7) is 5.00. The highest BCUT2D eigenvalue weighted by atomic mass is 16.5. The van der Waals surface area contributed by atoms with Gasteiger partial charge in [-0.1, -0.05) is 385 Å². The number of ether oxygens (including phenoxy) is 1. The highest BCUT2D eigenvalue weighted by Crippen LogP contribution is 2.20. The Bertz CT molecular complexity index is 1350. The summed E-state index contributed by atoms with van der Waals surface area (Å²) in [5, 5.41) is 23.5. The molecule has 0 aliphatic heterocycles. The Balaban J connectivity index is 3.37. The van der Waals surface area contributed by atoms with Crippen molar-refractivity contribution in [2.24, 2.45) is 0 Å². The van der Waals surface area contributed by atoms with Crippen LogP contribution in [0, 0.1) is 0 Å². The molecule has 2 atom stereocenters. The van der Waals surface area contributed by atoms with E-state index >= 15 is 0 Å². The van der Waals surface area contributed by atoms with Crippen LogP contribution in [0.2, 0.25) is 0 Å². The molecule has 0 fully saturated rings. The monoisotopic (exact) mass is 1210 g/mol. The maximum Gasteiger partial charge on any atom is 0.305 e. The van der Waals surface area contributed by atoms with E-state index in [-0.39, 0.29) is 18.5 Å². The summed E-state index contributed by atoms with van der Waals surface area (Å²) in [5.41, 5.74) is 0. The number of aliphatic hydroxyl groups is 2. The van der Waals surface area contributed by atoms with Crippen LogP contribution in [0.4, 0.5) is 0 Å². The van der Waals surface area contributed by atoms with Crippen LogP contribution in [-0.4, -0.2) is 47.4 Å². The predicted molar refractivity (Wildman–Crippen MR) is 380 cm³/mol. The Labute approximate surface area is 539 Å². The first-order valence-electron chi connectivity index (χ1n) is 39.6. The van der Waals surface area contributed by atoms with Crippen molar-refractivity contribution in [3.8, 4) is 0 Å². The van der Waals surface area contributed by atoms with Crippen molar-refractivity contribution in [3.63, 3.8) is 0 Å². The summed E-state index contributed by atoms with van der Waals surface area (Å²) in [5.74, 6) is -0.0153. The average Bonchev–Trinajstić information content (AvgIpc) is 3.54. The molecule has 0 saturated heterocycles. The first-order valence-corrected chi connectivity index (χ1v) is 39.6. The van der Waals surface area contributed by atoms with Crippen LogP contribution >= 0.6 is 0 Å². The van der Waals surface area contributed by atoms with E-state index in [4.69, 9.17) is 4.74 Å². The van der Waals surface area contributed by atoms with Crippen LogP contribution in [0.15, 0.2) is 24.3 Å². The third-order valence-electron chi connectivity index (χ3n) is 18.7. The van der Waals surface area contributed by atoms with Crippen LogP contribution in [0.5, 0.6) is 0 Å². The van der Waals surface area contributed by atoms with Crippen LogP contribution in [0.3, 0.4) is 0 Å². The molecule has 6 heteroatoms. The molecule has 0 spiro atoms. The summed E-state index contributed by atoms with van der Waals surface area (Å²) >= 11 is 0. The predicted octanol–water partition coefficient (Wildman–Crippen LogP) is 26.0. The molecule has 0 aromatic rings. The fourth-order valence-electron chi connectivity index (χ4n) is 12.7. The van der Waals surface area contributed by atoms with Gasteiger partial charge in [-0.05, 0) is 77.0 Å². The molecule has 0 rings (SSSR count). The second kappa shape index (κ2) is 75.8. The maximum atomic E-state index is 12.6. The lowest BCUT2D eigenvalue weighted by molar-refractivity contribution is -0.143. The number of esters is 1. The second-order valence-corrected chi connectivity index (χ2v) is 27.4. The van der Waals surface area contributed by atoms with E-state index in [1.807, 2.05) is 0 Å². The molecule has 6 nitrogen and oxygen atoms in total. The van der Waals surface area contributed by atoms with Gasteiger partial charge < -0.3 is 20.3 Å². The first kappa shape index (κ1) is 84.3. The van der Waals surface area contributed by atoms with Gasteiger partial charge in [-0.15, -0.1) is 0 Å². The lowest BCUT2D eigenvalue weighted by atomic mass is 10.0. The third-order valence-corrected chi connectivity index (χ3v) is 18.7. The smallest absolute Gasteiger partial charge is 0.305 e. The van der Waals surface area contributed by atoms with E-state index in [2.05, 4.69) is 43.5 Å². The zero-order valence-corrected chi connectivity index (χ0v) is 58.6. The molecule has 510 valence electrons. The lowest BCUT2D eigenvalue weighted by Gasteiger charge is -2.22. The summed E-state index contributed by atoms with van der Waals surface area (Å²) in [7, 11) is 0. The van der Waals surface area contributed by atoms with Gasteiger partial charge in [0.1, 0.15) is 0 Å². The molecule has 0 aliphatic rings. The number of allylic oxidation sites excluding steroid dienone is 4. The highest BCUT2D eigenvalue weighted by molar-refractivity contribution is 5.76. The van der Waals surface area contributed by atoms with Gasteiger partial charge in [0.2, 0.25) is 5.91 Å². The van der Waals surface area contributed by atoms with E-state index in [9.17, 15) is 19.8 Å². The van der Waals surface area contributed by atoms with Crippen molar-refractivity contribution < 1.29 is 24.5 Å². The minimum atomic E-state index is -0.666. The van der Waals surface area contributed by atoms with E-state index < -0.39 is 12.1 Å². The SMILES string of the molecule is CCCCCCCCC/C=C\CCCCCCCCCC(=O)OCCCCCCCCCCCCCC/C=C\CCCCCCCCCCCCCCC(=O)NC(CO)C(O)CCCCCCCCCCCCCCCCCCCCCCCCC. The van der Waals surface area contributed by atoms with Crippen molar-refractivity contribution in [2.75, 3.05) is 13.2 Å². The topological polar surface area (TPSA) is 95.9 Å². The van der Waals surface area contributed by atoms with Gasteiger partial charge in [-0.25, -0.2) is 0 Å². The van der Waals surface area contributed by atoms with Gasteiger partial charge in [0.15, 0.2) is 0 Å². The summed E-state index contributed by atoms with van der Waals surface area (Å²) in [6, 6.07) is -0.543. The normalized spacial score (nSPS) is 12.6. The molecule has 0 saturated carbocycles.